The number of carbonyl (C=O) groups is 4. The van der Waals surface area contributed by atoms with Gasteiger partial charge in [-0.2, -0.15) is 0 Å². The first-order chi connectivity index (χ1) is 21.2. The highest BCUT2D eigenvalue weighted by atomic mass is 16.6. The van der Waals surface area contributed by atoms with E-state index in [1.807, 2.05) is 51.1 Å². The number of carbonyl (C=O) groups excluding carboxylic acids is 3. The van der Waals surface area contributed by atoms with Crippen molar-refractivity contribution >= 4 is 29.7 Å². The summed E-state index contributed by atoms with van der Waals surface area (Å²) in [4.78, 5) is 65.6. The van der Waals surface area contributed by atoms with E-state index in [1.54, 1.807) is 15.9 Å². The molecule has 1 aliphatic carbocycles. The fourth-order valence-electron chi connectivity index (χ4n) is 6.20. The number of fused-ring (bicyclic) bond motifs is 1. The summed E-state index contributed by atoms with van der Waals surface area (Å²) in [5.41, 5.74) is 0.925. The second kappa shape index (κ2) is 13.6. The number of carboxylic acids is 1. The number of nitrogens with zero attached hydrogens (tertiary/aromatic N) is 5. The van der Waals surface area contributed by atoms with E-state index in [-0.39, 0.29) is 36.0 Å². The van der Waals surface area contributed by atoms with Crippen LogP contribution in [0.5, 0.6) is 0 Å². The van der Waals surface area contributed by atoms with Gasteiger partial charge in [0.1, 0.15) is 17.6 Å². The molecular weight excluding hydrogens is 564 g/mol. The van der Waals surface area contributed by atoms with E-state index in [1.165, 1.54) is 0 Å². The maximum atomic E-state index is 13.7. The third-order valence-corrected chi connectivity index (χ3v) is 8.88. The van der Waals surface area contributed by atoms with Crippen LogP contribution in [0, 0.1) is 23.7 Å². The molecule has 0 spiro atoms. The van der Waals surface area contributed by atoms with Crippen LogP contribution >= 0.6 is 0 Å². The summed E-state index contributed by atoms with van der Waals surface area (Å²) in [6.07, 6.45) is 1.57. The van der Waals surface area contributed by atoms with Crippen molar-refractivity contribution in [3.8, 4) is 11.4 Å². The Morgan fingerprint density at radius 3 is 2.27 bits per heavy atom. The number of nitrogens with one attached hydrogen (secondary N) is 1. The lowest BCUT2D eigenvalue weighted by molar-refractivity contribution is -0.137. The highest BCUT2D eigenvalue weighted by molar-refractivity contribution is 5.97. The van der Waals surface area contributed by atoms with Crippen LogP contribution in [0.3, 0.4) is 0 Å². The summed E-state index contributed by atoms with van der Waals surface area (Å²) in [6, 6.07) is 10.3. The molecule has 4 atom stereocenters. The highest BCUT2D eigenvalue weighted by Crippen LogP contribution is 2.54. The van der Waals surface area contributed by atoms with Gasteiger partial charge in [0.2, 0.25) is 5.91 Å². The van der Waals surface area contributed by atoms with Crippen LogP contribution in [0.4, 0.5) is 10.6 Å². The smallest absolute Gasteiger partial charge is 0.409 e. The van der Waals surface area contributed by atoms with Crippen molar-refractivity contribution in [2.24, 2.45) is 23.7 Å². The molecule has 44 heavy (non-hydrogen) atoms. The van der Waals surface area contributed by atoms with Gasteiger partial charge in [-0.3, -0.25) is 14.4 Å². The molecule has 3 aliphatic rings. The Balaban J connectivity index is 1.28. The second-order valence-corrected chi connectivity index (χ2v) is 12.3. The zero-order valence-corrected chi connectivity index (χ0v) is 25.6. The summed E-state index contributed by atoms with van der Waals surface area (Å²) in [5.74, 6) is 0.191. The van der Waals surface area contributed by atoms with Crippen LogP contribution in [0.15, 0.2) is 36.4 Å². The molecule has 12 heteroatoms. The Morgan fingerprint density at radius 1 is 1.00 bits per heavy atom. The summed E-state index contributed by atoms with van der Waals surface area (Å²) < 4.78 is 5.31. The number of piperazine rings is 1. The van der Waals surface area contributed by atoms with Crippen LogP contribution in [-0.2, 0) is 14.3 Å². The second-order valence-electron chi connectivity index (χ2n) is 12.3. The Kier molecular flexibility index (Phi) is 9.65. The maximum absolute atomic E-state index is 13.7. The van der Waals surface area contributed by atoms with Crippen molar-refractivity contribution in [3.63, 3.8) is 0 Å². The molecule has 236 valence electrons. The minimum Gasteiger partial charge on any atom is -0.481 e. The molecule has 2 N–H and O–H groups in total. The molecule has 2 unspecified atom stereocenters. The molecule has 1 saturated carbocycles. The van der Waals surface area contributed by atoms with Crippen LogP contribution in [0.25, 0.3) is 11.4 Å². The molecule has 3 fully saturated rings. The van der Waals surface area contributed by atoms with E-state index < -0.39 is 17.9 Å². The van der Waals surface area contributed by atoms with Crippen molar-refractivity contribution in [3.05, 3.63) is 42.1 Å². The standard InChI is InChI=1S/C32H42N6O6/c1-4-5-15-44-32(43)37-13-11-36(12-14-37)31(42)28(20(2)3)35-30(41)25-17-26(34-29(33-25)21-9-7-6-8-10-21)38-18-23-22(16-27(39)40)24(23)19-38/h6-10,17,20,22-24,28H,4-5,11-16,18-19H2,1-3H3,(H,35,41)(H,39,40)/t22?,23-,24?,28-/m0/s1. The van der Waals surface area contributed by atoms with Crippen molar-refractivity contribution in [1.29, 1.82) is 0 Å². The lowest BCUT2D eigenvalue weighted by atomic mass is 10.0. The number of benzene rings is 1. The third-order valence-electron chi connectivity index (χ3n) is 8.88. The molecule has 2 saturated heterocycles. The summed E-state index contributed by atoms with van der Waals surface area (Å²) in [5, 5.41) is 12.1. The molecule has 1 aromatic carbocycles. The normalized spacial score (nSPS) is 21.5. The number of hydrogen-bond donors (Lipinski definition) is 2. The van der Waals surface area contributed by atoms with Crippen LogP contribution < -0.4 is 10.2 Å². The van der Waals surface area contributed by atoms with Gasteiger partial charge < -0.3 is 29.9 Å². The van der Waals surface area contributed by atoms with Crippen molar-refractivity contribution in [2.45, 2.75) is 46.1 Å². The van der Waals surface area contributed by atoms with Gasteiger partial charge in [0.15, 0.2) is 5.82 Å². The van der Waals surface area contributed by atoms with Crippen molar-refractivity contribution < 1.29 is 29.0 Å². The Hall–Kier alpha value is -4.22. The number of anilines is 1. The van der Waals surface area contributed by atoms with Crippen LogP contribution in [-0.4, -0.2) is 101 Å². The molecule has 12 nitrogen and oxygen atoms in total. The first-order valence-corrected chi connectivity index (χ1v) is 15.6. The van der Waals surface area contributed by atoms with Gasteiger partial charge in [0.25, 0.3) is 5.91 Å². The molecule has 3 amide bonds. The molecule has 0 radical (unpaired) electrons. The lowest BCUT2D eigenvalue weighted by Crippen LogP contribution is -2.57. The van der Waals surface area contributed by atoms with E-state index in [9.17, 15) is 24.3 Å². The first-order valence-electron chi connectivity index (χ1n) is 15.6. The van der Waals surface area contributed by atoms with Gasteiger partial charge in [-0.05, 0) is 30.1 Å². The van der Waals surface area contributed by atoms with Gasteiger partial charge in [-0.1, -0.05) is 57.5 Å². The number of aromatic nitrogens is 2. The summed E-state index contributed by atoms with van der Waals surface area (Å²) in [7, 11) is 0. The fourth-order valence-corrected chi connectivity index (χ4v) is 6.20. The average molecular weight is 607 g/mol. The molecular formula is C32H42N6O6. The quantitative estimate of drug-likeness (QED) is 0.369. The van der Waals surface area contributed by atoms with E-state index in [4.69, 9.17) is 9.72 Å². The lowest BCUT2D eigenvalue weighted by Gasteiger charge is -2.36. The first kappa shape index (κ1) is 31.2. The van der Waals surface area contributed by atoms with Crippen molar-refractivity contribution in [1.82, 2.24) is 25.1 Å². The van der Waals surface area contributed by atoms with Gasteiger partial charge >= 0.3 is 12.1 Å². The largest absolute Gasteiger partial charge is 0.481 e. The molecule has 2 aliphatic heterocycles. The number of piperidine rings is 1. The topological polar surface area (TPSA) is 145 Å². The number of amides is 3. The average Bonchev–Trinajstić information content (AvgIpc) is 3.43. The number of unbranched alkanes of at least 4 members (excludes halogenated alkanes) is 1. The fraction of sp³-hybridized carbons (Fsp3) is 0.562. The van der Waals surface area contributed by atoms with E-state index >= 15 is 0 Å². The zero-order valence-electron chi connectivity index (χ0n) is 25.6. The summed E-state index contributed by atoms with van der Waals surface area (Å²) in [6.45, 7) is 9.01. The number of aliphatic carboxylic acids is 1. The predicted octanol–water partition coefficient (Wildman–Crippen LogP) is 3.14. The van der Waals surface area contributed by atoms with Gasteiger partial charge in [0, 0.05) is 57.3 Å². The number of rotatable bonds is 11. The molecule has 3 heterocycles. The Labute approximate surface area is 257 Å². The van der Waals surface area contributed by atoms with Gasteiger partial charge in [-0.15, -0.1) is 0 Å². The predicted molar refractivity (Wildman–Crippen MR) is 163 cm³/mol. The minimum atomic E-state index is -0.777. The number of carboxylic acid groups (broad SMARTS) is 1. The van der Waals surface area contributed by atoms with Crippen molar-refractivity contribution in [2.75, 3.05) is 50.8 Å². The Morgan fingerprint density at radius 2 is 1.66 bits per heavy atom. The minimum absolute atomic E-state index is 0.162. The van der Waals surface area contributed by atoms with E-state index in [0.29, 0.717) is 69.4 Å². The van der Waals surface area contributed by atoms with Crippen LogP contribution in [0.1, 0.15) is 50.5 Å². The number of ether oxygens (including phenoxy) is 1. The van der Waals surface area contributed by atoms with E-state index in [0.717, 1.165) is 18.4 Å². The molecule has 0 bridgehead atoms. The molecule has 5 rings (SSSR count). The third kappa shape index (κ3) is 7.11. The maximum Gasteiger partial charge on any atom is 0.409 e. The zero-order chi connectivity index (χ0) is 31.4. The van der Waals surface area contributed by atoms with Crippen LogP contribution in [0.2, 0.25) is 0 Å². The monoisotopic (exact) mass is 606 g/mol. The van der Waals surface area contributed by atoms with Gasteiger partial charge in [0.05, 0.1) is 6.61 Å². The Bertz CT molecular complexity index is 1350. The number of hydrogen-bond acceptors (Lipinski definition) is 8. The molecule has 1 aromatic heterocycles. The SMILES string of the molecule is CCCCOC(=O)N1CCN(C(=O)[C@@H](NC(=O)c2cc(N3CC4C(CC(=O)O)[C@@H]4C3)nc(-c3ccccc3)n2)C(C)C)CC1. The molecule has 2 aromatic rings. The van der Waals surface area contributed by atoms with E-state index in [2.05, 4.69) is 15.2 Å². The highest BCUT2D eigenvalue weighted by Gasteiger charge is 2.56. The van der Waals surface area contributed by atoms with Gasteiger partial charge in [-0.25, -0.2) is 14.8 Å². The summed E-state index contributed by atoms with van der Waals surface area (Å²) >= 11 is 0.